The fraction of sp³-hybridized carbons (Fsp3) is 0.571. The first-order chi connectivity index (χ1) is 9.11. The van der Waals surface area contributed by atoms with Gasteiger partial charge in [0.25, 0.3) is 0 Å². The van der Waals surface area contributed by atoms with Gasteiger partial charge in [0.05, 0.1) is 13.5 Å². The minimum absolute atomic E-state index is 0.0753. The largest absolute Gasteiger partial charge is 0.481 e. The number of hydrogen-bond donors (Lipinski definition) is 2. The average molecular weight is 267 g/mol. The van der Waals surface area contributed by atoms with Crippen LogP contribution in [0.4, 0.5) is 4.79 Å². The van der Waals surface area contributed by atoms with Crippen molar-refractivity contribution in [2.75, 3.05) is 7.11 Å². The molecule has 5 heteroatoms. The van der Waals surface area contributed by atoms with E-state index in [1.54, 1.807) is 0 Å². The van der Waals surface area contributed by atoms with Gasteiger partial charge in [0, 0.05) is 6.04 Å². The molecule has 1 rings (SSSR count). The van der Waals surface area contributed by atoms with E-state index in [1.165, 1.54) is 12.7 Å². The van der Waals surface area contributed by atoms with Gasteiger partial charge in [-0.3, -0.25) is 4.79 Å². The third-order valence-electron chi connectivity index (χ3n) is 3.08. The zero-order valence-corrected chi connectivity index (χ0v) is 11.2. The van der Waals surface area contributed by atoms with Crippen LogP contribution in [0.2, 0.25) is 0 Å². The lowest BCUT2D eigenvalue weighted by Crippen LogP contribution is -2.36. The molecule has 0 fully saturated rings. The second-order valence-corrected chi connectivity index (χ2v) is 4.61. The molecule has 0 aromatic heterocycles. The molecule has 0 radical (unpaired) electrons. The number of hydrogen-bond acceptors (Lipinski definition) is 3. The number of allylic oxidation sites excluding steroid dienone is 4. The Morgan fingerprint density at radius 1 is 1.53 bits per heavy atom. The standard InChI is InChI=1S/C14H21NO4/c1-19-14(18)15-12(10-13(16)17)9-5-8-11-6-3-2-4-7-11/h2-3,6,12H,4-5,7-10H2,1H3,(H,15,18)(H,16,17). The van der Waals surface area contributed by atoms with Crippen LogP contribution in [0, 0.1) is 0 Å². The summed E-state index contributed by atoms with van der Waals surface area (Å²) >= 11 is 0. The summed E-state index contributed by atoms with van der Waals surface area (Å²) in [4.78, 5) is 21.9. The Labute approximate surface area is 113 Å². The topological polar surface area (TPSA) is 75.6 Å². The number of alkyl carbamates (subject to hydrolysis) is 1. The van der Waals surface area contributed by atoms with Crippen LogP contribution >= 0.6 is 0 Å². The molecule has 0 bridgehead atoms. The van der Waals surface area contributed by atoms with Crippen LogP contribution in [0.25, 0.3) is 0 Å². The lowest BCUT2D eigenvalue weighted by atomic mass is 9.97. The van der Waals surface area contributed by atoms with E-state index >= 15 is 0 Å². The van der Waals surface area contributed by atoms with Gasteiger partial charge in [0.2, 0.25) is 0 Å². The third kappa shape index (κ3) is 6.64. The van der Waals surface area contributed by atoms with Crippen molar-refractivity contribution in [3.05, 3.63) is 23.8 Å². The first kappa shape index (κ1) is 15.3. The molecule has 0 heterocycles. The highest BCUT2D eigenvalue weighted by atomic mass is 16.5. The average Bonchev–Trinajstić information content (AvgIpc) is 2.39. The summed E-state index contributed by atoms with van der Waals surface area (Å²) in [6.07, 6.45) is 10.3. The van der Waals surface area contributed by atoms with Crippen molar-refractivity contribution in [3.63, 3.8) is 0 Å². The molecule has 1 unspecified atom stereocenters. The maximum atomic E-state index is 11.1. The molecule has 1 aliphatic rings. The van der Waals surface area contributed by atoms with Crippen molar-refractivity contribution in [1.29, 1.82) is 0 Å². The Morgan fingerprint density at radius 2 is 2.32 bits per heavy atom. The fourth-order valence-electron chi connectivity index (χ4n) is 2.10. The number of ether oxygens (including phenoxy) is 1. The predicted octanol–water partition coefficient (Wildman–Crippen LogP) is 2.63. The molecule has 0 aromatic rings. The number of carbonyl (C=O) groups is 2. The van der Waals surface area contributed by atoms with Crippen LogP contribution in [0.5, 0.6) is 0 Å². The second kappa shape index (κ2) is 8.34. The number of carbonyl (C=O) groups excluding carboxylic acids is 1. The molecule has 1 atom stereocenters. The zero-order valence-electron chi connectivity index (χ0n) is 11.2. The number of nitrogens with one attached hydrogen (secondary N) is 1. The Balaban J connectivity index is 2.34. The van der Waals surface area contributed by atoms with Crippen molar-refractivity contribution in [1.82, 2.24) is 5.32 Å². The first-order valence-electron chi connectivity index (χ1n) is 6.52. The molecule has 106 valence electrons. The van der Waals surface area contributed by atoms with E-state index in [0.29, 0.717) is 6.42 Å². The number of amides is 1. The highest BCUT2D eigenvalue weighted by Crippen LogP contribution is 2.19. The predicted molar refractivity (Wildman–Crippen MR) is 71.9 cm³/mol. The van der Waals surface area contributed by atoms with E-state index in [1.807, 2.05) is 0 Å². The smallest absolute Gasteiger partial charge is 0.407 e. The zero-order chi connectivity index (χ0) is 14.1. The molecule has 0 aromatic carbocycles. The normalized spacial score (nSPS) is 15.5. The van der Waals surface area contributed by atoms with Crippen molar-refractivity contribution < 1.29 is 19.4 Å². The van der Waals surface area contributed by atoms with Gasteiger partial charge in [-0.15, -0.1) is 0 Å². The van der Waals surface area contributed by atoms with Crippen LogP contribution in [0.15, 0.2) is 23.8 Å². The number of rotatable bonds is 7. The van der Waals surface area contributed by atoms with Crippen LogP contribution in [-0.4, -0.2) is 30.3 Å². The molecular weight excluding hydrogens is 246 g/mol. The summed E-state index contributed by atoms with van der Waals surface area (Å²) in [7, 11) is 1.27. The van der Waals surface area contributed by atoms with E-state index < -0.39 is 12.1 Å². The minimum Gasteiger partial charge on any atom is -0.481 e. The molecule has 0 spiro atoms. The monoisotopic (exact) mass is 267 g/mol. The maximum Gasteiger partial charge on any atom is 0.407 e. The van der Waals surface area contributed by atoms with E-state index in [4.69, 9.17) is 5.11 Å². The van der Waals surface area contributed by atoms with Gasteiger partial charge >= 0.3 is 12.1 Å². The summed E-state index contributed by atoms with van der Waals surface area (Å²) in [5, 5.41) is 11.4. The molecule has 19 heavy (non-hydrogen) atoms. The quantitative estimate of drug-likeness (QED) is 0.743. The van der Waals surface area contributed by atoms with Crippen molar-refractivity contribution in [2.45, 2.75) is 44.6 Å². The van der Waals surface area contributed by atoms with Crippen LogP contribution in [-0.2, 0) is 9.53 Å². The number of methoxy groups -OCH3 is 1. The molecule has 0 saturated carbocycles. The van der Waals surface area contributed by atoms with Crippen LogP contribution in [0.1, 0.15) is 38.5 Å². The molecule has 5 nitrogen and oxygen atoms in total. The van der Waals surface area contributed by atoms with Gasteiger partial charge < -0.3 is 15.2 Å². The molecule has 1 aliphatic carbocycles. The minimum atomic E-state index is -0.916. The Kier molecular flexibility index (Phi) is 6.71. The fourth-order valence-corrected chi connectivity index (χ4v) is 2.10. The van der Waals surface area contributed by atoms with Gasteiger partial charge in [-0.25, -0.2) is 4.79 Å². The summed E-state index contributed by atoms with van der Waals surface area (Å²) in [5.74, 6) is -0.916. The molecule has 1 amide bonds. The Bertz CT molecular complexity index is 374. The Morgan fingerprint density at radius 3 is 2.89 bits per heavy atom. The summed E-state index contributed by atoms with van der Waals surface area (Å²) in [5.41, 5.74) is 1.38. The summed E-state index contributed by atoms with van der Waals surface area (Å²) in [6, 6.07) is -0.371. The number of carboxylic acid groups (broad SMARTS) is 1. The van der Waals surface area contributed by atoms with Gasteiger partial charge in [-0.1, -0.05) is 23.8 Å². The van der Waals surface area contributed by atoms with Crippen molar-refractivity contribution in [2.24, 2.45) is 0 Å². The van der Waals surface area contributed by atoms with E-state index in [0.717, 1.165) is 25.7 Å². The summed E-state index contributed by atoms with van der Waals surface area (Å²) in [6.45, 7) is 0. The van der Waals surface area contributed by atoms with E-state index in [-0.39, 0.29) is 12.5 Å². The van der Waals surface area contributed by atoms with Crippen LogP contribution < -0.4 is 5.32 Å². The number of carboxylic acids is 1. The SMILES string of the molecule is COC(=O)NC(CCCC1=CC=CCC1)CC(=O)O. The second-order valence-electron chi connectivity index (χ2n) is 4.61. The molecule has 0 aliphatic heterocycles. The van der Waals surface area contributed by atoms with Crippen molar-refractivity contribution in [3.8, 4) is 0 Å². The summed E-state index contributed by atoms with van der Waals surface area (Å²) < 4.78 is 4.50. The van der Waals surface area contributed by atoms with Gasteiger partial charge in [-0.05, 0) is 32.1 Å². The maximum absolute atomic E-state index is 11.1. The first-order valence-corrected chi connectivity index (χ1v) is 6.52. The lowest BCUT2D eigenvalue weighted by molar-refractivity contribution is -0.137. The van der Waals surface area contributed by atoms with Gasteiger partial charge in [-0.2, -0.15) is 0 Å². The van der Waals surface area contributed by atoms with Gasteiger partial charge in [0.1, 0.15) is 0 Å². The third-order valence-corrected chi connectivity index (χ3v) is 3.08. The highest BCUT2D eigenvalue weighted by Gasteiger charge is 2.16. The van der Waals surface area contributed by atoms with Gasteiger partial charge in [0.15, 0.2) is 0 Å². The van der Waals surface area contributed by atoms with Crippen molar-refractivity contribution >= 4 is 12.1 Å². The lowest BCUT2D eigenvalue weighted by Gasteiger charge is -2.16. The van der Waals surface area contributed by atoms with E-state index in [9.17, 15) is 9.59 Å². The molecule has 2 N–H and O–H groups in total. The highest BCUT2D eigenvalue weighted by molar-refractivity contribution is 5.71. The van der Waals surface area contributed by atoms with Crippen LogP contribution in [0.3, 0.4) is 0 Å². The van der Waals surface area contributed by atoms with E-state index in [2.05, 4.69) is 28.3 Å². The molecular formula is C14H21NO4. The number of aliphatic carboxylic acids is 1. The Hall–Kier alpha value is -1.78. The molecule has 0 saturated heterocycles.